The van der Waals surface area contributed by atoms with Gasteiger partial charge in [0.25, 0.3) is 5.91 Å². The molecular weight excluding hydrogens is 254 g/mol. The van der Waals surface area contributed by atoms with Gasteiger partial charge in [-0.3, -0.25) is 19.5 Å². The molecule has 5 nitrogen and oxygen atoms in total. The maximum absolute atomic E-state index is 12.4. The third-order valence-corrected chi connectivity index (χ3v) is 3.74. The van der Waals surface area contributed by atoms with E-state index in [0.29, 0.717) is 0 Å². The monoisotopic (exact) mass is 275 g/mol. The van der Waals surface area contributed by atoms with Gasteiger partial charge in [0, 0.05) is 11.7 Å². The van der Waals surface area contributed by atoms with Gasteiger partial charge in [0.05, 0.1) is 18.3 Å². The van der Waals surface area contributed by atoms with Crippen molar-refractivity contribution in [1.29, 1.82) is 0 Å². The van der Waals surface area contributed by atoms with Gasteiger partial charge in [0.15, 0.2) is 0 Å². The number of pyridine rings is 1. The summed E-state index contributed by atoms with van der Waals surface area (Å²) in [6, 6.07) is 3.30. The lowest BCUT2D eigenvalue weighted by Crippen LogP contribution is -2.41. The van der Waals surface area contributed by atoms with Crippen LogP contribution in [-0.2, 0) is 9.59 Å². The highest BCUT2D eigenvalue weighted by atomic mass is 16.2. The molecule has 1 aromatic rings. The first-order chi connectivity index (χ1) is 9.56. The molecule has 0 spiro atoms. The maximum Gasteiger partial charge on any atom is 0.252 e. The number of nitrogens with zero attached hydrogens (tertiary/aromatic N) is 2. The number of imide groups is 1. The number of carbonyl (C=O) groups is 2. The van der Waals surface area contributed by atoms with Gasteiger partial charge in [-0.05, 0) is 31.9 Å². The molecule has 20 heavy (non-hydrogen) atoms. The van der Waals surface area contributed by atoms with Crippen LogP contribution in [0.5, 0.6) is 0 Å². The Labute approximate surface area is 119 Å². The van der Waals surface area contributed by atoms with Crippen molar-refractivity contribution < 1.29 is 9.59 Å². The van der Waals surface area contributed by atoms with Crippen molar-refractivity contribution in [2.24, 2.45) is 0 Å². The lowest BCUT2D eigenvalue weighted by atomic mass is 10.1. The average molecular weight is 275 g/mol. The number of hydrogen-bond acceptors (Lipinski definition) is 4. The molecule has 2 amide bonds. The van der Waals surface area contributed by atoms with Crippen LogP contribution in [0.1, 0.15) is 38.8 Å². The van der Waals surface area contributed by atoms with Gasteiger partial charge >= 0.3 is 0 Å². The number of rotatable bonds is 5. The van der Waals surface area contributed by atoms with E-state index in [9.17, 15) is 9.59 Å². The number of aryl methyl sites for hydroxylation is 1. The van der Waals surface area contributed by atoms with Gasteiger partial charge in [-0.2, -0.15) is 0 Å². The fourth-order valence-corrected chi connectivity index (χ4v) is 2.56. The summed E-state index contributed by atoms with van der Waals surface area (Å²) >= 11 is 0. The van der Waals surface area contributed by atoms with Crippen LogP contribution in [0.25, 0.3) is 0 Å². The van der Waals surface area contributed by atoms with Gasteiger partial charge in [0.1, 0.15) is 6.04 Å². The van der Waals surface area contributed by atoms with Gasteiger partial charge in [-0.25, -0.2) is 0 Å². The Morgan fingerprint density at radius 2 is 2.05 bits per heavy atom. The highest BCUT2D eigenvalue weighted by Gasteiger charge is 2.41. The van der Waals surface area contributed by atoms with Crippen molar-refractivity contribution in [3.05, 3.63) is 24.0 Å². The third kappa shape index (κ3) is 2.81. The van der Waals surface area contributed by atoms with E-state index in [1.807, 2.05) is 32.9 Å². The zero-order chi connectivity index (χ0) is 14.7. The number of amides is 2. The number of aromatic nitrogens is 1. The summed E-state index contributed by atoms with van der Waals surface area (Å²) < 4.78 is 0. The summed E-state index contributed by atoms with van der Waals surface area (Å²) in [6.07, 6.45) is 3.51. The van der Waals surface area contributed by atoms with Crippen molar-refractivity contribution in [2.75, 3.05) is 5.32 Å². The van der Waals surface area contributed by atoms with Crippen molar-refractivity contribution >= 4 is 17.5 Å². The minimum atomic E-state index is -0.465. The van der Waals surface area contributed by atoms with Gasteiger partial charge in [0.2, 0.25) is 5.91 Å². The maximum atomic E-state index is 12.4. The molecule has 0 bridgehead atoms. The summed E-state index contributed by atoms with van der Waals surface area (Å²) in [5, 5.41) is 3.11. The Balaban J connectivity index is 2.09. The highest BCUT2D eigenvalue weighted by Crippen LogP contribution is 2.22. The first-order valence-corrected chi connectivity index (χ1v) is 7.11. The van der Waals surface area contributed by atoms with Crippen LogP contribution < -0.4 is 5.32 Å². The van der Waals surface area contributed by atoms with E-state index in [1.54, 1.807) is 6.20 Å². The highest BCUT2D eigenvalue weighted by molar-refractivity contribution is 6.07. The predicted octanol–water partition coefficient (Wildman–Crippen LogP) is 2.12. The van der Waals surface area contributed by atoms with E-state index in [1.165, 1.54) is 4.90 Å². The summed E-state index contributed by atoms with van der Waals surface area (Å²) in [4.78, 5) is 30.0. The van der Waals surface area contributed by atoms with Crippen molar-refractivity contribution in [3.63, 3.8) is 0 Å². The van der Waals surface area contributed by atoms with Crippen LogP contribution in [0.15, 0.2) is 18.3 Å². The molecule has 0 radical (unpaired) electrons. The molecular formula is C15H21N3O2. The van der Waals surface area contributed by atoms with Crippen molar-refractivity contribution in [3.8, 4) is 0 Å². The second-order valence-electron chi connectivity index (χ2n) is 5.16. The summed E-state index contributed by atoms with van der Waals surface area (Å²) in [7, 11) is 0. The third-order valence-electron chi connectivity index (χ3n) is 3.74. The van der Waals surface area contributed by atoms with E-state index in [-0.39, 0.29) is 24.3 Å². The summed E-state index contributed by atoms with van der Waals surface area (Å²) in [6.45, 7) is 5.90. The molecule has 0 saturated carbocycles. The Bertz CT molecular complexity index is 494. The number of likely N-dealkylation sites (tertiary alicyclic amines) is 1. The molecule has 0 aliphatic carbocycles. The summed E-state index contributed by atoms with van der Waals surface area (Å²) in [5.41, 5.74) is 1.69. The average Bonchev–Trinajstić information content (AvgIpc) is 2.71. The van der Waals surface area contributed by atoms with E-state index < -0.39 is 6.04 Å². The quantitative estimate of drug-likeness (QED) is 0.836. The van der Waals surface area contributed by atoms with Crippen LogP contribution in [0.3, 0.4) is 0 Å². The van der Waals surface area contributed by atoms with Crippen LogP contribution >= 0.6 is 0 Å². The smallest absolute Gasteiger partial charge is 0.252 e. The zero-order valence-corrected chi connectivity index (χ0v) is 12.2. The molecule has 1 fully saturated rings. The summed E-state index contributed by atoms with van der Waals surface area (Å²) in [5.74, 6) is -0.203. The Kier molecular flexibility index (Phi) is 4.37. The van der Waals surface area contributed by atoms with E-state index >= 15 is 0 Å². The standard InChI is InChI=1S/C15H21N3O2/c1-4-12(5-2)18-14(19)8-13(15(18)20)17-11-7-6-10(3)16-9-11/h6-7,9,12-13,17H,4-5,8H2,1-3H3. The molecule has 1 aromatic heterocycles. The molecule has 108 valence electrons. The van der Waals surface area contributed by atoms with Crippen LogP contribution in [-0.4, -0.2) is 33.8 Å². The van der Waals surface area contributed by atoms with Crippen molar-refractivity contribution in [1.82, 2.24) is 9.88 Å². The Hall–Kier alpha value is -1.91. The minimum Gasteiger partial charge on any atom is -0.372 e. The van der Waals surface area contributed by atoms with Gasteiger partial charge < -0.3 is 5.32 Å². The molecule has 1 atom stereocenters. The van der Waals surface area contributed by atoms with E-state index in [2.05, 4.69) is 10.3 Å². The van der Waals surface area contributed by atoms with E-state index in [4.69, 9.17) is 0 Å². The second-order valence-corrected chi connectivity index (χ2v) is 5.16. The molecule has 2 heterocycles. The topological polar surface area (TPSA) is 62.3 Å². The SMILES string of the molecule is CCC(CC)N1C(=O)CC(Nc2ccc(C)nc2)C1=O. The second kappa shape index (κ2) is 6.03. The van der Waals surface area contributed by atoms with Crippen LogP contribution in [0.2, 0.25) is 0 Å². The van der Waals surface area contributed by atoms with Crippen molar-refractivity contribution in [2.45, 2.75) is 52.1 Å². The molecule has 1 unspecified atom stereocenters. The van der Waals surface area contributed by atoms with Gasteiger partial charge in [-0.15, -0.1) is 0 Å². The number of hydrogen-bond donors (Lipinski definition) is 1. The normalized spacial score (nSPS) is 19.0. The van der Waals surface area contributed by atoms with E-state index in [0.717, 1.165) is 24.2 Å². The van der Waals surface area contributed by atoms with Crippen LogP contribution in [0.4, 0.5) is 5.69 Å². The lowest BCUT2D eigenvalue weighted by Gasteiger charge is -2.24. The minimum absolute atomic E-state index is 0.0120. The Morgan fingerprint density at radius 3 is 2.60 bits per heavy atom. The molecule has 2 rings (SSSR count). The Morgan fingerprint density at radius 1 is 1.35 bits per heavy atom. The van der Waals surface area contributed by atoms with Crippen LogP contribution in [0, 0.1) is 6.92 Å². The number of nitrogens with one attached hydrogen (secondary N) is 1. The number of anilines is 1. The lowest BCUT2D eigenvalue weighted by molar-refractivity contribution is -0.141. The first-order valence-electron chi connectivity index (χ1n) is 7.11. The molecule has 1 aliphatic heterocycles. The predicted molar refractivity (Wildman–Crippen MR) is 77.2 cm³/mol. The molecule has 1 saturated heterocycles. The fraction of sp³-hybridized carbons (Fsp3) is 0.533. The molecule has 5 heteroatoms. The molecule has 0 aromatic carbocycles. The first kappa shape index (κ1) is 14.5. The number of carbonyl (C=O) groups excluding carboxylic acids is 2. The molecule has 1 N–H and O–H groups in total. The zero-order valence-electron chi connectivity index (χ0n) is 12.2. The largest absolute Gasteiger partial charge is 0.372 e. The van der Waals surface area contributed by atoms with Gasteiger partial charge in [-0.1, -0.05) is 13.8 Å². The fourth-order valence-electron chi connectivity index (χ4n) is 2.56. The molecule has 1 aliphatic rings.